The van der Waals surface area contributed by atoms with Crippen molar-refractivity contribution in [3.63, 3.8) is 0 Å². The highest BCUT2D eigenvalue weighted by Gasteiger charge is 2.54. The Labute approximate surface area is 180 Å². The molecule has 30 heavy (non-hydrogen) atoms. The van der Waals surface area contributed by atoms with Gasteiger partial charge in [0.25, 0.3) is 11.8 Å². The van der Waals surface area contributed by atoms with E-state index in [1.54, 1.807) is 6.07 Å². The van der Waals surface area contributed by atoms with Crippen molar-refractivity contribution in [2.45, 2.75) is 11.4 Å². The van der Waals surface area contributed by atoms with Gasteiger partial charge in [-0.15, -0.1) is 34.4 Å². The van der Waals surface area contributed by atoms with Crippen LogP contribution in [0.3, 0.4) is 0 Å². The number of carbonyl (C=O) groups excluding carboxylic acids is 2. The molecule has 0 saturated carbocycles. The summed E-state index contributed by atoms with van der Waals surface area (Å²) >= 11 is 3.81. The second-order valence-corrected chi connectivity index (χ2v) is 8.95. The number of fused-ring (bicyclic) bond motifs is 1. The Morgan fingerprint density at radius 2 is 2.20 bits per heavy atom. The van der Waals surface area contributed by atoms with Crippen LogP contribution in [0.25, 0.3) is 5.57 Å². The number of thioether (sulfide) groups is 1. The predicted octanol–water partition coefficient (Wildman–Crippen LogP) is 1.43. The molecule has 0 radical (unpaired) electrons. The van der Waals surface area contributed by atoms with Gasteiger partial charge in [0.1, 0.15) is 17.1 Å². The molecule has 0 aliphatic carbocycles. The third-order valence-corrected chi connectivity index (χ3v) is 7.17. The summed E-state index contributed by atoms with van der Waals surface area (Å²) < 4.78 is 4.92. The van der Waals surface area contributed by atoms with Gasteiger partial charge in [-0.1, -0.05) is 11.2 Å². The summed E-state index contributed by atoms with van der Waals surface area (Å²) in [5.74, 6) is -1.03. The van der Waals surface area contributed by atoms with Crippen molar-refractivity contribution in [1.29, 1.82) is 0 Å². The maximum atomic E-state index is 12.7. The molecule has 11 nitrogen and oxygen atoms in total. The van der Waals surface area contributed by atoms with Crippen LogP contribution in [-0.2, 0) is 14.3 Å². The van der Waals surface area contributed by atoms with Gasteiger partial charge >= 0.3 is 6.16 Å². The Bertz CT molecular complexity index is 1080. The van der Waals surface area contributed by atoms with Gasteiger partial charge in [0.15, 0.2) is 10.8 Å². The van der Waals surface area contributed by atoms with Crippen LogP contribution in [0.2, 0.25) is 0 Å². The minimum Gasteiger partial charge on any atom is -0.449 e. The Morgan fingerprint density at radius 1 is 1.40 bits per heavy atom. The SMILES string of the molecule is Nc1nc(C(=NO)C(=O)N[C@@H]2C(=O)N3C(OC(=O)O)=C(c4cccs4)CS[C@@H]23)cs1. The number of oxime groups is 1. The molecule has 0 spiro atoms. The van der Waals surface area contributed by atoms with E-state index in [0.717, 1.165) is 16.2 Å². The number of thiophene rings is 1. The van der Waals surface area contributed by atoms with Crippen molar-refractivity contribution >= 4 is 68.8 Å². The highest BCUT2D eigenvalue weighted by molar-refractivity contribution is 8.00. The lowest BCUT2D eigenvalue weighted by Gasteiger charge is -2.49. The van der Waals surface area contributed by atoms with Crippen LogP contribution in [0.1, 0.15) is 10.6 Å². The van der Waals surface area contributed by atoms with Gasteiger partial charge < -0.3 is 26.1 Å². The van der Waals surface area contributed by atoms with Crippen molar-refractivity contribution in [2.24, 2.45) is 5.16 Å². The maximum Gasteiger partial charge on any atom is 0.512 e. The Balaban J connectivity index is 1.55. The zero-order valence-corrected chi connectivity index (χ0v) is 17.3. The molecule has 1 saturated heterocycles. The Morgan fingerprint density at radius 3 is 2.80 bits per heavy atom. The number of anilines is 1. The predicted molar refractivity (Wildman–Crippen MR) is 110 cm³/mol. The van der Waals surface area contributed by atoms with Crippen molar-refractivity contribution in [3.8, 4) is 0 Å². The molecule has 0 aromatic carbocycles. The van der Waals surface area contributed by atoms with Crippen LogP contribution < -0.4 is 11.1 Å². The molecule has 14 heteroatoms. The van der Waals surface area contributed by atoms with Crippen molar-refractivity contribution < 1.29 is 29.4 Å². The molecule has 0 unspecified atom stereocenters. The molecule has 2 aromatic rings. The first kappa shape index (κ1) is 20.2. The molecule has 4 heterocycles. The summed E-state index contributed by atoms with van der Waals surface area (Å²) in [6, 6.07) is 2.66. The van der Waals surface area contributed by atoms with Gasteiger partial charge in [-0.2, -0.15) is 0 Å². The molecule has 2 aliphatic rings. The van der Waals surface area contributed by atoms with Crippen LogP contribution in [0.15, 0.2) is 33.9 Å². The minimum atomic E-state index is -1.54. The van der Waals surface area contributed by atoms with Gasteiger partial charge in [0, 0.05) is 21.6 Å². The quantitative estimate of drug-likeness (QED) is 0.167. The van der Waals surface area contributed by atoms with Crippen LogP contribution in [-0.4, -0.2) is 61.0 Å². The number of nitrogens with two attached hydrogens (primary N) is 1. The zero-order chi connectivity index (χ0) is 21.4. The summed E-state index contributed by atoms with van der Waals surface area (Å²) in [5.41, 5.74) is 5.82. The zero-order valence-electron chi connectivity index (χ0n) is 14.8. The average molecular weight is 468 g/mol. The van der Waals surface area contributed by atoms with Crippen LogP contribution in [0.5, 0.6) is 0 Å². The number of nitrogens with zero attached hydrogens (tertiary/aromatic N) is 3. The smallest absolute Gasteiger partial charge is 0.449 e. The van der Waals surface area contributed by atoms with E-state index in [0.29, 0.717) is 11.3 Å². The molecule has 2 aliphatic heterocycles. The van der Waals surface area contributed by atoms with Crippen molar-refractivity contribution in [3.05, 3.63) is 39.3 Å². The molecule has 2 amide bonds. The van der Waals surface area contributed by atoms with Gasteiger partial charge in [-0.25, -0.2) is 9.78 Å². The standard InChI is InChI=1S/C16H13N5O6S3/c17-15-18-7(5-30-15)9(20-26)11(22)19-10-12(23)21-13(27-16(24)25)6(4-29-14(10)21)8-2-1-3-28-8/h1-3,5,10,14,26H,4H2,(H2,17,18)(H,19,22)(H,24,25)/t10-,14+/m1/s1. The normalized spacial score (nSPS) is 21.1. The van der Waals surface area contributed by atoms with Crippen molar-refractivity contribution in [1.82, 2.24) is 15.2 Å². The largest absolute Gasteiger partial charge is 0.512 e. The van der Waals surface area contributed by atoms with Crippen molar-refractivity contribution in [2.75, 3.05) is 11.5 Å². The lowest BCUT2D eigenvalue weighted by molar-refractivity contribution is -0.147. The van der Waals surface area contributed by atoms with E-state index in [4.69, 9.17) is 15.6 Å². The first-order valence-electron chi connectivity index (χ1n) is 8.27. The van der Waals surface area contributed by atoms with E-state index < -0.39 is 29.4 Å². The lowest BCUT2D eigenvalue weighted by Crippen LogP contribution is -2.70. The fourth-order valence-electron chi connectivity index (χ4n) is 3.00. The van der Waals surface area contributed by atoms with Gasteiger partial charge in [-0.3, -0.25) is 14.5 Å². The maximum absolute atomic E-state index is 12.7. The third kappa shape index (κ3) is 3.48. The summed E-state index contributed by atoms with van der Waals surface area (Å²) in [4.78, 5) is 42.3. The molecule has 5 N–H and O–H groups in total. The molecule has 2 atom stereocenters. The van der Waals surface area contributed by atoms with E-state index >= 15 is 0 Å². The number of hydrogen-bond donors (Lipinski definition) is 4. The number of β-lactam (4-membered cyclic amide) rings is 1. The molecule has 0 bridgehead atoms. The topological polar surface area (TPSA) is 167 Å². The highest BCUT2D eigenvalue weighted by atomic mass is 32.2. The first-order valence-corrected chi connectivity index (χ1v) is 11.1. The second-order valence-electron chi connectivity index (χ2n) is 6.01. The molecule has 1 fully saturated rings. The molecule has 4 rings (SSSR count). The number of carbonyl (C=O) groups is 3. The number of rotatable bonds is 5. The van der Waals surface area contributed by atoms with E-state index in [-0.39, 0.29) is 22.4 Å². The van der Waals surface area contributed by atoms with Gasteiger partial charge in [-0.05, 0) is 11.4 Å². The number of hydrogen-bond acceptors (Lipinski definition) is 11. The number of nitrogen functional groups attached to an aromatic ring is 1. The van der Waals surface area contributed by atoms with Crippen LogP contribution in [0, 0.1) is 0 Å². The summed E-state index contributed by atoms with van der Waals surface area (Å²) in [7, 11) is 0. The molecule has 156 valence electrons. The fraction of sp³-hybridized carbons (Fsp3) is 0.188. The molecular formula is C16H13N5O6S3. The third-order valence-electron chi connectivity index (χ3n) is 4.29. The lowest BCUT2D eigenvalue weighted by atomic mass is 10.1. The number of nitrogens with one attached hydrogen (secondary N) is 1. The summed E-state index contributed by atoms with van der Waals surface area (Å²) in [5, 5.41) is 26.7. The highest BCUT2D eigenvalue weighted by Crippen LogP contribution is 2.44. The van der Waals surface area contributed by atoms with E-state index in [2.05, 4.69) is 15.5 Å². The van der Waals surface area contributed by atoms with E-state index in [1.165, 1.54) is 33.4 Å². The Kier molecular flexibility index (Phi) is 5.36. The first-order chi connectivity index (χ1) is 14.4. The molecular weight excluding hydrogens is 454 g/mol. The fourth-order valence-corrected chi connectivity index (χ4v) is 5.74. The molecule has 2 aromatic heterocycles. The second kappa shape index (κ2) is 7.97. The number of carboxylic acid groups (broad SMARTS) is 1. The van der Waals surface area contributed by atoms with Gasteiger partial charge in [0.2, 0.25) is 5.88 Å². The van der Waals surface area contributed by atoms with Crippen LogP contribution >= 0.6 is 34.4 Å². The monoisotopic (exact) mass is 467 g/mol. The minimum absolute atomic E-state index is 0.0625. The van der Waals surface area contributed by atoms with Gasteiger partial charge in [0.05, 0.1) is 0 Å². The Hall–Kier alpha value is -3.10. The average Bonchev–Trinajstić information content (AvgIpc) is 3.38. The number of aromatic nitrogens is 1. The summed E-state index contributed by atoms with van der Waals surface area (Å²) in [6.07, 6.45) is -1.54. The number of ether oxygens (including phenoxy) is 1. The van der Waals surface area contributed by atoms with E-state index in [9.17, 15) is 19.6 Å². The van der Waals surface area contributed by atoms with E-state index in [1.807, 2.05) is 11.4 Å². The number of amides is 2. The number of thiazole rings is 1. The summed E-state index contributed by atoms with van der Waals surface area (Å²) in [6.45, 7) is 0. The van der Waals surface area contributed by atoms with Crippen LogP contribution in [0.4, 0.5) is 9.93 Å².